The van der Waals surface area contributed by atoms with Gasteiger partial charge in [0.1, 0.15) is 11.4 Å². The van der Waals surface area contributed by atoms with Crippen molar-refractivity contribution in [3.05, 3.63) is 71.2 Å². The minimum Gasteiger partial charge on any atom is -0.449 e. The predicted octanol–water partition coefficient (Wildman–Crippen LogP) is 4.30. The van der Waals surface area contributed by atoms with Gasteiger partial charge in [-0.2, -0.15) is 0 Å². The number of carbonyl (C=O) groups excluding carboxylic acids is 2. The van der Waals surface area contributed by atoms with Crippen molar-refractivity contribution in [1.82, 2.24) is 5.32 Å². The first kappa shape index (κ1) is 18.6. The highest BCUT2D eigenvalue weighted by Gasteiger charge is 2.25. The van der Waals surface area contributed by atoms with Crippen LogP contribution in [-0.2, 0) is 9.53 Å². The molecule has 3 rings (SSSR count). The smallest absolute Gasteiger partial charge is 0.375 e. The Hall–Kier alpha value is -3.15. The van der Waals surface area contributed by atoms with Gasteiger partial charge in [0.15, 0.2) is 6.10 Å². The van der Waals surface area contributed by atoms with E-state index in [0.717, 1.165) is 10.9 Å². The van der Waals surface area contributed by atoms with Crippen LogP contribution in [0.15, 0.2) is 52.9 Å². The summed E-state index contributed by atoms with van der Waals surface area (Å²) in [4.78, 5) is 24.7. The summed E-state index contributed by atoms with van der Waals surface area (Å²) in [6.07, 6.45) is -1.01. The number of nitrogens with one attached hydrogen (secondary N) is 1. The van der Waals surface area contributed by atoms with Crippen molar-refractivity contribution in [2.75, 3.05) is 0 Å². The molecule has 0 aliphatic heterocycles. The summed E-state index contributed by atoms with van der Waals surface area (Å²) in [6.45, 7) is 5.02. The van der Waals surface area contributed by atoms with Gasteiger partial charge >= 0.3 is 5.97 Å². The van der Waals surface area contributed by atoms with Gasteiger partial charge in [0, 0.05) is 10.9 Å². The molecule has 140 valence electrons. The van der Waals surface area contributed by atoms with Gasteiger partial charge in [0.25, 0.3) is 5.91 Å². The standard InChI is InChI=1S/C21H20FNO4/c1-12-17-6-4-5-7-18(17)27-19(12)21(25)26-14(3)20(24)23-13(2)15-8-10-16(22)11-9-15/h4-11,13-14H,1-3H3,(H,23,24)/t13-,14-/m0/s1. The molecule has 6 heteroatoms. The van der Waals surface area contributed by atoms with E-state index in [1.165, 1.54) is 19.1 Å². The predicted molar refractivity (Wildman–Crippen MR) is 98.8 cm³/mol. The quantitative estimate of drug-likeness (QED) is 0.681. The van der Waals surface area contributed by atoms with E-state index in [1.807, 2.05) is 18.2 Å². The highest BCUT2D eigenvalue weighted by atomic mass is 19.1. The molecular weight excluding hydrogens is 349 g/mol. The Bertz CT molecular complexity index is 978. The minimum absolute atomic E-state index is 0.0856. The van der Waals surface area contributed by atoms with Gasteiger partial charge in [-0.15, -0.1) is 0 Å². The Labute approximate surface area is 156 Å². The lowest BCUT2D eigenvalue weighted by atomic mass is 10.1. The fraction of sp³-hybridized carbons (Fsp3) is 0.238. The second-order valence-electron chi connectivity index (χ2n) is 6.38. The number of halogens is 1. The van der Waals surface area contributed by atoms with Crippen molar-refractivity contribution in [3.8, 4) is 0 Å². The molecule has 0 unspecified atom stereocenters. The number of ether oxygens (including phenoxy) is 1. The molecular formula is C21H20FNO4. The molecule has 3 aromatic rings. The average molecular weight is 369 g/mol. The Morgan fingerprint density at radius 3 is 2.41 bits per heavy atom. The second-order valence-corrected chi connectivity index (χ2v) is 6.38. The van der Waals surface area contributed by atoms with Crippen molar-refractivity contribution >= 4 is 22.8 Å². The first-order valence-electron chi connectivity index (χ1n) is 8.61. The summed E-state index contributed by atoms with van der Waals surface area (Å²) in [5.41, 5.74) is 2.00. The third kappa shape index (κ3) is 4.00. The molecule has 2 atom stereocenters. The molecule has 5 nitrogen and oxygen atoms in total. The molecule has 2 aromatic carbocycles. The van der Waals surface area contributed by atoms with E-state index in [4.69, 9.17) is 9.15 Å². The van der Waals surface area contributed by atoms with Crippen molar-refractivity contribution in [2.24, 2.45) is 0 Å². The maximum absolute atomic E-state index is 13.0. The van der Waals surface area contributed by atoms with Gasteiger partial charge in [-0.1, -0.05) is 30.3 Å². The monoisotopic (exact) mass is 369 g/mol. The first-order chi connectivity index (χ1) is 12.9. The number of esters is 1. The highest BCUT2D eigenvalue weighted by Crippen LogP contribution is 2.25. The van der Waals surface area contributed by atoms with E-state index in [1.54, 1.807) is 32.0 Å². The molecule has 1 aromatic heterocycles. The zero-order valence-electron chi connectivity index (χ0n) is 15.3. The zero-order valence-corrected chi connectivity index (χ0v) is 15.3. The largest absolute Gasteiger partial charge is 0.449 e. The van der Waals surface area contributed by atoms with Crippen LogP contribution in [0.1, 0.15) is 41.6 Å². The number of aryl methyl sites for hydroxylation is 1. The summed E-state index contributed by atoms with van der Waals surface area (Å²) in [7, 11) is 0. The topological polar surface area (TPSA) is 68.5 Å². The Kier molecular flexibility index (Phi) is 5.26. The van der Waals surface area contributed by atoms with Gasteiger partial charge in [-0.05, 0) is 44.5 Å². The number of para-hydroxylation sites is 1. The molecule has 0 spiro atoms. The van der Waals surface area contributed by atoms with Crippen LogP contribution in [0.5, 0.6) is 0 Å². The summed E-state index contributed by atoms with van der Waals surface area (Å²) in [5.74, 6) is -1.40. The molecule has 0 aliphatic carbocycles. The number of benzene rings is 2. The van der Waals surface area contributed by atoms with Gasteiger partial charge < -0.3 is 14.5 Å². The van der Waals surface area contributed by atoms with Crippen LogP contribution in [0, 0.1) is 12.7 Å². The number of hydrogen-bond donors (Lipinski definition) is 1. The summed E-state index contributed by atoms with van der Waals surface area (Å²) >= 11 is 0. The molecule has 0 saturated carbocycles. The summed E-state index contributed by atoms with van der Waals surface area (Å²) < 4.78 is 23.8. The maximum atomic E-state index is 13.0. The van der Waals surface area contributed by atoms with Crippen LogP contribution in [0.25, 0.3) is 11.0 Å². The normalized spacial score (nSPS) is 13.2. The van der Waals surface area contributed by atoms with E-state index in [-0.39, 0.29) is 17.6 Å². The van der Waals surface area contributed by atoms with Gasteiger partial charge in [-0.25, -0.2) is 9.18 Å². The van der Waals surface area contributed by atoms with E-state index in [9.17, 15) is 14.0 Å². The average Bonchev–Trinajstić information content (AvgIpc) is 2.99. The molecule has 0 radical (unpaired) electrons. The number of hydrogen-bond acceptors (Lipinski definition) is 4. The third-order valence-corrected chi connectivity index (χ3v) is 4.41. The fourth-order valence-electron chi connectivity index (χ4n) is 2.80. The summed E-state index contributed by atoms with van der Waals surface area (Å²) in [5, 5.41) is 3.57. The Morgan fingerprint density at radius 1 is 1.07 bits per heavy atom. The lowest BCUT2D eigenvalue weighted by molar-refractivity contribution is -0.129. The van der Waals surface area contributed by atoms with Crippen molar-refractivity contribution in [2.45, 2.75) is 32.9 Å². The molecule has 27 heavy (non-hydrogen) atoms. The number of amides is 1. The lowest BCUT2D eigenvalue weighted by Crippen LogP contribution is -2.37. The fourth-order valence-corrected chi connectivity index (χ4v) is 2.80. The SMILES string of the molecule is Cc1c(C(=O)O[C@@H](C)C(=O)N[C@@H](C)c2ccc(F)cc2)oc2ccccc12. The highest BCUT2D eigenvalue weighted by molar-refractivity contribution is 5.97. The van der Waals surface area contributed by atoms with Crippen LogP contribution >= 0.6 is 0 Å². The number of furan rings is 1. The minimum atomic E-state index is -1.01. The van der Waals surface area contributed by atoms with Gasteiger partial charge in [-0.3, -0.25) is 4.79 Å². The van der Waals surface area contributed by atoms with Crippen molar-refractivity contribution in [1.29, 1.82) is 0 Å². The van der Waals surface area contributed by atoms with E-state index < -0.39 is 18.0 Å². The van der Waals surface area contributed by atoms with Gasteiger partial charge in [0.2, 0.25) is 5.76 Å². The van der Waals surface area contributed by atoms with Gasteiger partial charge in [0.05, 0.1) is 6.04 Å². The second kappa shape index (κ2) is 7.61. The van der Waals surface area contributed by atoms with E-state index >= 15 is 0 Å². The molecule has 1 N–H and O–H groups in total. The molecule has 0 fully saturated rings. The molecule has 1 heterocycles. The Morgan fingerprint density at radius 2 is 1.74 bits per heavy atom. The number of carbonyl (C=O) groups is 2. The van der Waals surface area contributed by atoms with Crippen molar-refractivity contribution in [3.63, 3.8) is 0 Å². The zero-order chi connectivity index (χ0) is 19.6. The Balaban J connectivity index is 1.65. The van der Waals surface area contributed by atoms with Crippen LogP contribution < -0.4 is 5.32 Å². The maximum Gasteiger partial charge on any atom is 0.375 e. The lowest BCUT2D eigenvalue weighted by Gasteiger charge is -2.18. The molecule has 0 aliphatic rings. The number of fused-ring (bicyclic) bond motifs is 1. The van der Waals surface area contributed by atoms with E-state index in [0.29, 0.717) is 11.1 Å². The molecule has 1 amide bonds. The summed E-state index contributed by atoms with van der Waals surface area (Å²) in [6, 6.07) is 12.8. The van der Waals surface area contributed by atoms with Crippen LogP contribution in [0.2, 0.25) is 0 Å². The van der Waals surface area contributed by atoms with Crippen LogP contribution in [0.3, 0.4) is 0 Å². The van der Waals surface area contributed by atoms with Crippen molar-refractivity contribution < 1.29 is 23.1 Å². The number of rotatable bonds is 5. The first-order valence-corrected chi connectivity index (χ1v) is 8.61. The van der Waals surface area contributed by atoms with E-state index in [2.05, 4.69) is 5.32 Å². The van der Waals surface area contributed by atoms with Crippen LogP contribution in [-0.4, -0.2) is 18.0 Å². The third-order valence-electron chi connectivity index (χ3n) is 4.41. The van der Waals surface area contributed by atoms with Crippen LogP contribution in [0.4, 0.5) is 4.39 Å². The molecule has 0 bridgehead atoms. The molecule has 0 saturated heterocycles.